The van der Waals surface area contributed by atoms with Gasteiger partial charge in [0.1, 0.15) is 0 Å². The van der Waals surface area contributed by atoms with Crippen LogP contribution in [0.2, 0.25) is 0 Å². The second kappa shape index (κ2) is 7.12. The molecule has 0 heterocycles. The predicted molar refractivity (Wildman–Crippen MR) is 83.7 cm³/mol. The molecule has 0 fully saturated rings. The van der Waals surface area contributed by atoms with E-state index in [2.05, 4.69) is 23.2 Å². The smallest absolute Gasteiger partial charge is 0.333 e. The van der Waals surface area contributed by atoms with E-state index in [9.17, 15) is 4.79 Å². The van der Waals surface area contributed by atoms with Gasteiger partial charge in [-0.15, -0.1) is 0 Å². The van der Waals surface area contributed by atoms with Gasteiger partial charge < -0.3 is 4.74 Å². The Morgan fingerprint density at radius 1 is 1.05 bits per heavy atom. The maximum absolute atomic E-state index is 11.4. The average molecular weight is 276 g/mol. The highest BCUT2D eigenvalue weighted by Gasteiger charge is 2.09. The van der Waals surface area contributed by atoms with E-state index >= 15 is 0 Å². The number of carbonyl (C=O) groups excluding carboxylic acids is 1. The largest absolute Gasteiger partial charge is 0.466 e. The summed E-state index contributed by atoms with van der Waals surface area (Å²) in [5.74, 6) is 5.88. The molecule has 2 aromatic carbocycles. The maximum atomic E-state index is 11.4. The molecule has 0 aliphatic carbocycles. The number of ether oxygens (including phenoxy) is 1. The summed E-state index contributed by atoms with van der Waals surface area (Å²) < 4.78 is 4.68. The molecule has 2 aromatic rings. The molecule has 0 aliphatic heterocycles. The van der Waals surface area contributed by atoms with Crippen molar-refractivity contribution in [2.75, 3.05) is 7.11 Å². The van der Waals surface area contributed by atoms with E-state index in [4.69, 9.17) is 0 Å². The molecule has 0 N–H and O–H groups in total. The van der Waals surface area contributed by atoms with Gasteiger partial charge in [-0.05, 0) is 23.8 Å². The Bertz CT molecular complexity index is 703. The molecule has 0 unspecified atom stereocenters. The lowest BCUT2D eigenvalue weighted by Gasteiger charge is -2.06. The van der Waals surface area contributed by atoms with Crippen LogP contribution in [0.15, 0.2) is 66.7 Å². The van der Waals surface area contributed by atoms with E-state index in [1.807, 2.05) is 54.6 Å². The Labute approximate surface area is 125 Å². The fraction of sp³-hybridized carbons (Fsp3) is 0.105. The van der Waals surface area contributed by atoms with E-state index in [-0.39, 0.29) is 5.97 Å². The normalized spacial score (nSPS) is 9.38. The van der Waals surface area contributed by atoms with Crippen molar-refractivity contribution >= 4 is 5.97 Å². The molecular formula is C19H16O2. The predicted octanol–water partition coefficient (Wildman–Crippen LogP) is 3.36. The summed E-state index contributed by atoms with van der Waals surface area (Å²) in [6.07, 6.45) is 0.437. The van der Waals surface area contributed by atoms with Gasteiger partial charge in [0.2, 0.25) is 0 Å². The van der Waals surface area contributed by atoms with Crippen molar-refractivity contribution in [1.29, 1.82) is 0 Å². The van der Waals surface area contributed by atoms with E-state index in [0.29, 0.717) is 12.0 Å². The minimum absolute atomic E-state index is 0.388. The number of carbonyl (C=O) groups is 1. The van der Waals surface area contributed by atoms with Crippen LogP contribution in [0.3, 0.4) is 0 Å². The fourth-order valence-electron chi connectivity index (χ4n) is 1.90. The van der Waals surface area contributed by atoms with Crippen LogP contribution < -0.4 is 0 Å². The Balaban J connectivity index is 2.24. The minimum atomic E-state index is -0.388. The minimum Gasteiger partial charge on any atom is -0.466 e. The number of methoxy groups -OCH3 is 1. The summed E-state index contributed by atoms with van der Waals surface area (Å²) in [5.41, 5.74) is 3.24. The third kappa shape index (κ3) is 4.09. The number of hydrogen-bond donors (Lipinski definition) is 0. The van der Waals surface area contributed by atoms with E-state index in [1.165, 1.54) is 7.11 Å². The molecule has 0 amide bonds. The first-order chi connectivity index (χ1) is 10.2. The maximum Gasteiger partial charge on any atom is 0.333 e. The Hall–Kier alpha value is -2.79. The third-order valence-corrected chi connectivity index (χ3v) is 3.01. The van der Waals surface area contributed by atoms with Gasteiger partial charge in [-0.1, -0.05) is 54.8 Å². The number of hydrogen-bond acceptors (Lipinski definition) is 2. The molecule has 0 radical (unpaired) electrons. The molecule has 104 valence electrons. The van der Waals surface area contributed by atoms with E-state index in [0.717, 1.165) is 16.7 Å². The van der Waals surface area contributed by atoms with E-state index < -0.39 is 0 Å². The molecule has 2 rings (SSSR count). The zero-order valence-corrected chi connectivity index (χ0v) is 11.9. The Morgan fingerprint density at radius 2 is 1.71 bits per heavy atom. The molecule has 21 heavy (non-hydrogen) atoms. The van der Waals surface area contributed by atoms with Crippen LogP contribution in [0.25, 0.3) is 0 Å². The van der Waals surface area contributed by atoms with Crippen LogP contribution in [-0.4, -0.2) is 13.1 Å². The Kier molecular flexibility index (Phi) is 4.95. The standard InChI is InChI=1S/C19H16O2/c1-15(19(20)21-2)14-18-11-7-6-10-17(18)13-12-16-8-4-3-5-9-16/h3-11H,1,14H2,2H3. The highest BCUT2D eigenvalue weighted by molar-refractivity contribution is 5.88. The van der Waals surface area contributed by atoms with Gasteiger partial charge in [-0.25, -0.2) is 4.79 Å². The fourth-order valence-corrected chi connectivity index (χ4v) is 1.90. The van der Waals surface area contributed by atoms with Gasteiger partial charge in [0.25, 0.3) is 0 Å². The highest BCUT2D eigenvalue weighted by atomic mass is 16.5. The molecule has 2 heteroatoms. The third-order valence-electron chi connectivity index (χ3n) is 3.01. The summed E-state index contributed by atoms with van der Waals surface area (Å²) >= 11 is 0. The van der Waals surface area contributed by atoms with Crippen molar-refractivity contribution in [2.45, 2.75) is 6.42 Å². The molecular weight excluding hydrogens is 260 g/mol. The summed E-state index contributed by atoms with van der Waals surface area (Å²) in [6, 6.07) is 17.5. The van der Waals surface area contributed by atoms with Crippen molar-refractivity contribution in [2.24, 2.45) is 0 Å². The van der Waals surface area contributed by atoms with Crippen molar-refractivity contribution in [3.05, 3.63) is 83.4 Å². The number of esters is 1. The summed E-state index contributed by atoms with van der Waals surface area (Å²) in [4.78, 5) is 11.4. The SMILES string of the molecule is C=C(Cc1ccccc1C#Cc1ccccc1)C(=O)OC. The van der Waals surface area contributed by atoms with Crippen LogP contribution in [0.5, 0.6) is 0 Å². The van der Waals surface area contributed by atoms with Crippen molar-refractivity contribution < 1.29 is 9.53 Å². The quantitative estimate of drug-likeness (QED) is 0.488. The second-order valence-corrected chi connectivity index (χ2v) is 4.55. The lowest BCUT2D eigenvalue weighted by Crippen LogP contribution is -2.06. The van der Waals surface area contributed by atoms with Crippen LogP contribution in [-0.2, 0) is 16.0 Å². The van der Waals surface area contributed by atoms with Crippen molar-refractivity contribution in [3.63, 3.8) is 0 Å². The molecule has 0 saturated carbocycles. The zero-order valence-electron chi connectivity index (χ0n) is 11.9. The monoisotopic (exact) mass is 276 g/mol. The van der Waals surface area contributed by atoms with Gasteiger partial charge in [-0.2, -0.15) is 0 Å². The first-order valence-corrected chi connectivity index (χ1v) is 6.62. The van der Waals surface area contributed by atoms with Crippen molar-refractivity contribution in [1.82, 2.24) is 0 Å². The highest BCUT2D eigenvalue weighted by Crippen LogP contribution is 2.13. The topological polar surface area (TPSA) is 26.3 Å². The van der Waals surface area contributed by atoms with Crippen LogP contribution in [0.4, 0.5) is 0 Å². The summed E-state index contributed by atoms with van der Waals surface area (Å²) in [5, 5.41) is 0. The molecule has 0 saturated heterocycles. The van der Waals surface area contributed by atoms with E-state index in [1.54, 1.807) is 0 Å². The summed E-state index contributed by atoms with van der Waals surface area (Å²) in [6.45, 7) is 3.76. The van der Waals surface area contributed by atoms with Crippen LogP contribution in [0, 0.1) is 11.8 Å². The molecule has 0 atom stereocenters. The van der Waals surface area contributed by atoms with Gasteiger partial charge in [0.15, 0.2) is 0 Å². The molecule has 0 aromatic heterocycles. The van der Waals surface area contributed by atoms with Crippen molar-refractivity contribution in [3.8, 4) is 11.8 Å². The molecule has 0 aliphatic rings. The summed E-state index contributed by atoms with van der Waals surface area (Å²) in [7, 11) is 1.36. The first-order valence-electron chi connectivity index (χ1n) is 6.62. The molecule has 0 spiro atoms. The van der Waals surface area contributed by atoms with Gasteiger partial charge in [-0.3, -0.25) is 0 Å². The van der Waals surface area contributed by atoms with Crippen LogP contribution in [0.1, 0.15) is 16.7 Å². The lowest BCUT2D eigenvalue weighted by molar-refractivity contribution is -0.136. The average Bonchev–Trinajstić information content (AvgIpc) is 2.54. The number of benzene rings is 2. The van der Waals surface area contributed by atoms with Gasteiger partial charge in [0.05, 0.1) is 7.11 Å². The second-order valence-electron chi connectivity index (χ2n) is 4.55. The van der Waals surface area contributed by atoms with Gasteiger partial charge in [0, 0.05) is 23.1 Å². The molecule has 2 nitrogen and oxygen atoms in total. The first kappa shape index (κ1) is 14.6. The van der Waals surface area contributed by atoms with Crippen LogP contribution >= 0.6 is 0 Å². The molecule has 0 bridgehead atoms. The number of rotatable bonds is 3. The lowest BCUT2D eigenvalue weighted by atomic mass is 10.0. The Morgan fingerprint density at radius 3 is 2.43 bits per heavy atom. The zero-order chi connectivity index (χ0) is 15.1. The van der Waals surface area contributed by atoms with Gasteiger partial charge >= 0.3 is 5.97 Å².